The summed E-state index contributed by atoms with van der Waals surface area (Å²) < 4.78 is 0. The van der Waals surface area contributed by atoms with Gasteiger partial charge in [0.2, 0.25) is 5.91 Å². The number of aliphatic hydroxyl groups excluding tert-OH is 1. The topological polar surface area (TPSA) is 40.5 Å². The van der Waals surface area contributed by atoms with E-state index in [1.807, 2.05) is 13.8 Å². The SMILES string of the molecule is C#CC(C)(C)N1CC(CO)CC1=O. The summed E-state index contributed by atoms with van der Waals surface area (Å²) in [6.45, 7) is 4.31. The Labute approximate surface area is 78.7 Å². The van der Waals surface area contributed by atoms with Crippen molar-refractivity contribution < 1.29 is 9.90 Å². The molecule has 1 aliphatic heterocycles. The lowest BCUT2D eigenvalue weighted by molar-refractivity contribution is -0.130. The maximum atomic E-state index is 11.5. The van der Waals surface area contributed by atoms with Crippen LogP contribution >= 0.6 is 0 Å². The van der Waals surface area contributed by atoms with Crippen LogP contribution in [0.2, 0.25) is 0 Å². The zero-order chi connectivity index (χ0) is 10.1. The van der Waals surface area contributed by atoms with Gasteiger partial charge in [-0.15, -0.1) is 6.42 Å². The van der Waals surface area contributed by atoms with Crippen molar-refractivity contribution in [2.45, 2.75) is 25.8 Å². The molecule has 3 nitrogen and oxygen atoms in total. The minimum atomic E-state index is -0.527. The summed E-state index contributed by atoms with van der Waals surface area (Å²) in [5.41, 5.74) is -0.527. The fourth-order valence-corrected chi connectivity index (χ4v) is 1.52. The van der Waals surface area contributed by atoms with Gasteiger partial charge in [-0.05, 0) is 13.8 Å². The molecule has 0 aromatic carbocycles. The second kappa shape index (κ2) is 3.39. The highest BCUT2D eigenvalue weighted by atomic mass is 16.3. The van der Waals surface area contributed by atoms with Crippen LogP contribution in [-0.4, -0.2) is 34.6 Å². The molecule has 1 aliphatic rings. The molecule has 0 aromatic rings. The number of nitrogens with zero attached hydrogens (tertiary/aromatic N) is 1. The smallest absolute Gasteiger partial charge is 0.224 e. The molecule has 3 heteroatoms. The van der Waals surface area contributed by atoms with E-state index in [1.165, 1.54) is 0 Å². The average molecular weight is 181 g/mol. The van der Waals surface area contributed by atoms with Gasteiger partial charge in [0.1, 0.15) is 0 Å². The number of rotatable bonds is 2. The first kappa shape index (κ1) is 10.1. The molecule has 0 aromatic heterocycles. The van der Waals surface area contributed by atoms with Gasteiger partial charge in [-0.3, -0.25) is 4.79 Å². The minimum Gasteiger partial charge on any atom is -0.396 e. The van der Waals surface area contributed by atoms with Gasteiger partial charge in [0.15, 0.2) is 0 Å². The van der Waals surface area contributed by atoms with Gasteiger partial charge < -0.3 is 10.0 Å². The van der Waals surface area contributed by atoms with Crippen LogP contribution in [0.1, 0.15) is 20.3 Å². The lowest BCUT2D eigenvalue weighted by Gasteiger charge is -2.30. The number of carbonyl (C=O) groups excluding carboxylic acids is 1. The third kappa shape index (κ3) is 1.84. The molecule has 1 heterocycles. The monoisotopic (exact) mass is 181 g/mol. The summed E-state index contributed by atoms with van der Waals surface area (Å²) in [6.07, 6.45) is 5.75. The van der Waals surface area contributed by atoms with Crippen LogP contribution in [0, 0.1) is 18.3 Å². The normalized spacial score (nSPS) is 23.4. The molecule has 1 rings (SSSR count). The van der Waals surface area contributed by atoms with Crippen molar-refractivity contribution >= 4 is 5.91 Å². The fourth-order valence-electron chi connectivity index (χ4n) is 1.52. The van der Waals surface area contributed by atoms with Crippen molar-refractivity contribution in [1.82, 2.24) is 4.90 Å². The lowest BCUT2D eigenvalue weighted by Crippen LogP contribution is -2.43. The van der Waals surface area contributed by atoms with Crippen LogP contribution in [0.4, 0.5) is 0 Å². The average Bonchev–Trinajstić information content (AvgIpc) is 2.47. The molecule has 1 unspecified atom stereocenters. The molecular weight excluding hydrogens is 166 g/mol. The van der Waals surface area contributed by atoms with E-state index < -0.39 is 5.54 Å². The van der Waals surface area contributed by atoms with Gasteiger partial charge >= 0.3 is 0 Å². The number of hydrogen-bond acceptors (Lipinski definition) is 2. The Morgan fingerprint density at radius 2 is 2.38 bits per heavy atom. The first-order valence-electron chi connectivity index (χ1n) is 4.40. The molecule has 13 heavy (non-hydrogen) atoms. The standard InChI is InChI=1S/C10H15NO2/c1-4-10(2,3)11-6-8(7-12)5-9(11)13/h1,8,12H,5-7H2,2-3H3. The second-order valence-electron chi connectivity index (χ2n) is 3.96. The van der Waals surface area contributed by atoms with E-state index in [2.05, 4.69) is 5.92 Å². The fraction of sp³-hybridized carbons (Fsp3) is 0.700. The van der Waals surface area contributed by atoms with Gasteiger partial charge in [-0.2, -0.15) is 0 Å². The second-order valence-corrected chi connectivity index (χ2v) is 3.96. The van der Waals surface area contributed by atoms with Crippen LogP contribution in [0.3, 0.4) is 0 Å². The summed E-state index contributed by atoms with van der Waals surface area (Å²) in [5.74, 6) is 2.68. The lowest BCUT2D eigenvalue weighted by atomic mass is 10.1. The van der Waals surface area contributed by atoms with E-state index in [-0.39, 0.29) is 18.4 Å². The third-order valence-corrected chi connectivity index (χ3v) is 2.49. The number of terminal acetylenes is 1. The number of carbonyl (C=O) groups is 1. The van der Waals surface area contributed by atoms with E-state index in [9.17, 15) is 4.79 Å². The molecule has 1 N–H and O–H groups in total. The summed E-state index contributed by atoms with van der Waals surface area (Å²) in [7, 11) is 0. The van der Waals surface area contributed by atoms with Crippen molar-refractivity contribution in [3.63, 3.8) is 0 Å². The van der Waals surface area contributed by atoms with E-state index in [0.29, 0.717) is 13.0 Å². The highest BCUT2D eigenvalue weighted by Gasteiger charge is 2.37. The van der Waals surface area contributed by atoms with Crippen molar-refractivity contribution in [2.75, 3.05) is 13.2 Å². The van der Waals surface area contributed by atoms with Crippen molar-refractivity contribution in [3.8, 4) is 12.3 Å². The molecule has 72 valence electrons. The highest BCUT2D eigenvalue weighted by Crippen LogP contribution is 2.25. The third-order valence-electron chi connectivity index (χ3n) is 2.49. The molecule has 1 fully saturated rings. The summed E-state index contributed by atoms with van der Waals surface area (Å²) >= 11 is 0. The van der Waals surface area contributed by atoms with E-state index in [0.717, 1.165) is 0 Å². The van der Waals surface area contributed by atoms with Crippen LogP contribution in [0.25, 0.3) is 0 Å². The molecule has 0 bridgehead atoms. The number of amides is 1. The Morgan fingerprint density at radius 3 is 2.77 bits per heavy atom. The maximum absolute atomic E-state index is 11.5. The number of hydrogen-bond donors (Lipinski definition) is 1. The largest absolute Gasteiger partial charge is 0.396 e. The summed E-state index contributed by atoms with van der Waals surface area (Å²) in [5, 5.41) is 8.91. The molecule has 1 atom stereocenters. The molecule has 0 radical (unpaired) electrons. The predicted octanol–water partition coefficient (Wildman–Crippen LogP) is 0.239. The van der Waals surface area contributed by atoms with Crippen LogP contribution < -0.4 is 0 Å². The number of aliphatic hydroxyl groups is 1. The first-order valence-corrected chi connectivity index (χ1v) is 4.40. The van der Waals surface area contributed by atoms with Gasteiger partial charge in [0.05, 0.1) is 5.54 Å². The van der Waals surface area contributed by atoms with E-state index in [1.54, 1.807) is 4.90 Å². The first-order chi connectivity index (χ1) is 6.01. The maximum Gasteiger partial charge on any atom is 0.224 e. The Morgan fingerprint density at radius 1 is 1.77 bits per heavy atom. The molecule has 0 spiro atoms. The van der Waals surface area contributed by atoms with E-state index >= 15 is 0 Å². The Balaban J connectivity index is 2.74. The van der Waals surface area contributed by atoms with Crippen LogP contribution in [0.15, 0.2) is 0 Å². The van der Waals surface area contributed by atoms with Crippen molar-refractivity contribution in [3.05, 3.63) is 0 Å². The van der Waals surface area contributed by atoms with E-state index in [4.69, 9.17) is 11.5 Å². The van der Waals surface area contributed by atoms with Gasteiger partial charge in [0, 0.05) is 25.5 Å². The molecule has 1 saturated heterocycles. The minimum absolute atomic E-state index is 0.0435. The van der Waals surface area contributed by atoms with Gasteiger partial charge in [-0.1, -0.05) is 5.92 Å². The molecule has 1 amide bonds. The Kier molecular flexibility index (Phi) is 2.63. The zero-order valence-electron chi connectivity index (χ0n) is 8.08. The van der Waals surface area contributed by atoms with Gasteiger partial charge in [-0.25, -0.2) is 0 Å². The Hall–Kier alpha value is -1.01. The summed E-state index contributed by atoms with van der Waals surface area (Å²) in [4.78, 5) is 13.1. The molecule has 0 saturated carbocycles. The van der Waals surface area contributed by atoms with Crippen LogP contribution in [0.5, 0.6) is 0 Å². The zero-order valence-corrected chi connectivity index (χ0v) is 8.08. The van der Waals surface area contributed by atoms with Crippen LogP contribution in [-0.2, 0) is 4.79 Å². The highest BCUT2D eigenvalue weighted by molar-refractivity contribution is 5.80. The quantitative estimate of drug-likeness (QED) is 0.620. The van der Waals surface area contributed by atoms with Gasteiger partial charge in [0.25, 0.3) is 0 Å². The Bertz CT molecular complexity index is 252. The molecule has 0 aliphatic carbocycles. The molecular formula is C10H15NO2. The summed E-state index contributed by atoms with van der Waals surface area (Å²) in [6, 6.07) is 0. The predicted molar refractivity (Wildman–Crippen MR) is 49.8 cm³/mol. The van der Waals surface area contributed by atoms with Crippen molar-refractivity contribution in [1.29, 1.82) is 0 Å². The number of likely N-dealkylation sites (tertiary alicyclic amines) is 1. The van der Waals surface area contributed by atoms with Crippen molar-refractivity contribution in [2.24, 2.45) is 5.92 Å².